The predicted molar refractivity (Wildman–Crippen MR) is 151 cm³/mol. The fourth-order valence-electron chi connectivity index (χ4n) is 4.59. The molecule has 11 heteroatoms. The molecule has 2 aromatic heterocycles. The van der Waals surface area contributed by atoms with Crippen molar-refractivity contribution >= 4 is 29.8 Å². The Hall–Kier alpha value is -4.25. The molecular formula is C30H34F3N5O3. The van der Waals surface area contributed by atoms with Crippen LogP contribution in [-0.4, -0.2) is 62.4 Å². The molecule has 1 aliphatic rings. The molecule has 0 saturated carbocycles. The Morgan fingerprint density at radius 1 is 1.07 bits per heavy atom. The average molecular weight is 570 g/mol. The van der Waals surface area contributed by atoms with E-state index in [1.165, 1.54) is 18.2 Å². The highest BCUT2D eigenvalue weighted by Gasteiger charge is 2.30. The first-order chi connectivity index (χ1) is 19.6. The molecular weight excluding hydrogens is 535 g/mol. The molecule has 0 aliphatic carbocycles. The van der Waals surface area contributed by atoms with E-state index in [2.05, 4.69) is 34.0 Å². The Bertz CT molecular complexity index is 1280. The van der Waals surface area contributed by atoms with Gasteiger partial charge in [-0.25, -0.2) is 0 Å². The molecule has 1 aromatic carbocycles. The Kier molecular flexibility index (Phi) is 11.4. The smallest absolute Gasteiger partial charge is 0.416 e. The number of halogens is 3. The van der Waals surface area contributed by atoms with Crippen molar-refractivity contribution in [3.63, 3.8) is 0 Å². The zero-order valence-electron chi connectivity index (χ0n) is 23.0. The maximum atomic E-state index is 13.4. The summed E-state index contributed by atoms with van der Waals surface area (Å²) in [7, 11) is 0. The number of piperidine rings is 1. The van der Waals surface area contributed by atoms with Crippen LogP contribution < -0.4 is 5.32 Å². The minimum Gasteiger partial charge on any atom is -0.483 e. The van der Waals surface area contributed by atoms with Crippen LogP contribution in [0.1, 0.15) is 43.4 Å². The fourth-order valence-corrected chi connectivity index (χ4v) is 4.59. The van der Waals surface area contributed by atoms with Gasteiger partial charge in [0.25, 0.3) is 6.47 Å². The first-order valence-corrected chi connectivity index (χ1v) is 13.2. The number of alkyl halides is 3. The molecule has 1 aliphatic heterocycles. The molecule has 41 heavy (non-hydrogen) atoms. The average Bonchev–Trinajstić information content (AvgIpc) is 2.96. The second-order valence-corrected chi connectivity index (χ2v) is 9.83. The van der Waals surface area contributed by atoms with Crippen LogP contribution in [0.4, 0.5) is 24.5 Å². The number of anilines is 2. The van der Waals surface area contributed by atoms with Gasteiger partial charge in [-0.2, -0.15) is 13.2 Å². The summed E-state index contributed by atoms with van der Waals surface area (Å²) in [5.41, 5.74) is 2.38. The Morgan fingerprint density at radius 2 is 1.71 bits per heavy atom. The molecule has 1 saturated heterocycles. The van der Waals surface area contributed by atoms with Gasteiger partial charge in [0.05, 0.1) is 17.4 Å². The van der Waals surface area contributed by atoms with Crippen molar-refractivity contribution in [3.05, 3.63) is 90.0 Å². The number of likely N-dealkylation sites (tertiary alicyclic amines) is 1. The molecule has 218 valence electrons. The number of nitrogens with one attached hydrogen (secondary N) is 1. The zero-order valence-corrected chi connectivity index (χ0v) is 23.0. The van der Waals surface area contributed by atoms with E-state index in [0.717, 1.165) is 55.0 Å². The van der Waals surface area contributed by atoms with Gasteiger partial charge >= 0.3 is 6.18 Å². The van der Waals surface area contributed by atoms with E-state index < -0.39 is 11.7 Å². The number of rotatable bonds is 8. The third kappa shape index (κ3) is 9.71. The van der Waals surface area contributed by atoms with Crippen LogP contribution in [0.15, 0.2) is 73.3 Å². The fraction of sp³-hybridized carbons (Fsp3) is 0.333. The minimum absolute atomic E-state index is 0.0477. The van der Waals surface area contributed by atoms with Crippen LogP contribution in [0.5, 0.6) is 0 Å². The number of carbonyl (C=O) groups excluding carboxylic acids is 1. The van der Waals surface area contributed by atoms with E-state index in [1.54, 1.807) is 30.9 Å². The Balaban J connectivity index is 0.00000147. The number of amides is 1. The Morgan fingerprint density at radius 3 is 2.29 bits per heavy atom. The van der Waals surface area contributed by atoms with Gasteiger partial charge in [-0.05, 0) is 74.2 Å². The van der Waals surface area contributed by atoms with Crippen molar-refractivity contribution in [2.24, 2.45) is 0 Å². The van der Waals surface area contributed by atoms with Gasteiger partial charge in [-0.1, -0.05) is 12.1 Å². The largest absolute Gasteiger partial charge is 0.483 e. The molecule has 8 nitrogen and oxygen atoms in total. The third-order valence-corrected chi connectivity index (χ3v) is 6.73. The lowest BCUT2D eigenvalue weighted by Gasteiger charge is -2.39. The number of hydrogen-bond acceptors (Lipinski definition) is 6. The summed E-state index contributed by atoms with van der Waals surface area (Å²) in [6, 6.07) is 11.0. The number of aromatic nitrogens is 2. The van der Waals surface area contributed by atoms with E-state index in [9.17, 15) is 18.0 Å². The normalized spacial score (nSPS) is 14.4. The van der Waals surface area contributed by atoms with Gasteiger partial charge in [0, 0.05) is 62.1 Å². The van der Waals surface area contributed by atoms with Crippen LogP contribution in [0.2, 0.25) is 0 Å². The van der Waals surface area contributed by atoms with Gasteiger partial charge in [0.15, 0.2) is 0 Å². The Labute approximate surface area is 237 Å². The highest BCUT2D eigenvalue weighted by Crippen LogP contribution is 2.29. The number of nitrogens with zero attached hydrogens (tertiary/aromatic N) is 4. The number of benzene rings is 1. The first kappa shape index (κ1) is 31.3. The van der Waals surface area contributed by atoms with Crippen molar-refractivity contribution in [1.82, 2.24) is 19.8 Å². The highest BCUT2D eigenvalue weighted by atomic mass is 19.4. The van der Waals surface area contributed by atoms with Crippen molar-refractivity contribution < 1.29 is 27.9 Å². The van der Waals surface area contributed by atoms with Crippen molar-refractivity contribution in [2.45, 2.75) is 51.5 Å². The van der Waals surface area contributed by atoms with Gasteiger partial charge in [0.2, 0.25) is 5.91 Å². The minimum atomic E-state index is -4.39. The molecule has 0 spiro atoms. The maximum absolute atomic E-state index is 13.4. The summed E-state index contributed by atoms with van der Waals surface area (Å²) in [5.74, 6) is -0.180. The molecule has 3 heterocycles. The SMILES string of the molecule is CC(C)N1CCC(N(Cc2cncc(Nc3ccncc3)c2)C(=O)/C=C/c2ccc(C(F)(F)F)cc2)CC1.O=CO. The molecule has 4 rings (SSSR count). The van der Waals surface area contributed by atoms with Gasteiger partial charge < -0.3 is 20.2 Å². The molecule has 0 bridgehead atoms. The van der Waals surface area contributed by atoms with E-state index in [-0.39, 0.29) is 18.4 Å². The molecule has 1 amide bonds. The predicted octanol–water partition coefficient (Wildman–Crippen LogP) is 5.85. The van der Waals surface area contributed by atoms with Crippen LogP contribution in [-0.2, 0) is 22.3 Å². The molecule has 0 radical (unpaired) electrons. The van der Waals surface area contributed by atoms with E-state index in [1.807, 2.05) is 23.1 Å². The molecule has 2 N–H and O–H groups in total. The number of hydrogen-bond donors (Lipinski definition) is 2. The second kappa shape index (κ2) is 14.9. The van der Waals surface area contributed by atoms with E-state index in [0.29, 0.717) is 18.2 Å². The van der Waals surface area contributed by atoms with Crippen LogP contribution in [0, 0.1) is 0 Å². The van der Waals surface area contributed by atoms with Crippen molar-refractivity contribution in [3.8, 4) is 0 Å². The monoisotopic (exact) mass is 569 g/mol. The third-order valence-electron chi connectivity index (χ3n) is 6.73. The maximum Gasteiger partial charge on any atom is 0.416 e. The van der Waals surface area contributed by atoms with Crippen molar-refractivity contribution in [2.75, 3.05) is 18.4 Å². The summed E-state index contributed by atoms with van der Waals surface area (Å²) in [4.78, 5) is 34.4. The number of carbonyl (C=O) groups is 2. The molecule has 3 aromatic rings. The van der Waals surface area contributed by atoms with Crippen LogP contribution in [0.3, 0.4) is 0 Å². The molecule has 1 fully saturated rings. The quantitative estimate of drug-likeness (QED) is 0.259. The molecule has 0 unspecified atom stereocenters. The van der Waals surface area contributed by atoms with Crippen molar-refractivity contribution in [1.29, 1.82) is 0 Å². The lowest BCUT2D eigenvalue weighted by atomic mass is 10.0. The summed E-state index contributed by atoms with van der Waals surface area (Å²) >= 11 is 0. The zero-order chi connectivity index (χ0) is 29.8. The standard InChI is InChI=1S/C29H32F3N5O.CH2O2/c1-21(2)36-15-11-27(12-16-36)37(28(38)8-5-22-3-6-24(7-4-22)29(30,31)32)20-23-17-26(19-34-18-23)35-25-9-13-33-14-10-25;2-1-3/h3-10,13-14,17-19,21,27H,11-12,15-16,20H2,1-2H3,(H,33,35);1H,(H,2,3)/b8-5+;. The highest BCUT2D eigenvalue weighted by molar-refractivity contribution is 5.92. The molecule has 0 atom stereocenters. The van der Waals surface area contributed by atoms with Crippen LogP contribution >= 0.6 is 0 Å². The van der Waals surface area contributed by atoms with Gasteiger partial charge in [0.1, 0.15) is 0 Å². The first-order valence-electron chi connectivity index (χ1n) is 13.2. The number of pyridine rings is 2. The van der Waals surface area contributed by atoms with E-state index in [4.69, 9.17) is 9.90 Å². The van der Waals surface area contributed by atoms with E-state index >= 15 is 0 Å². The summed E-state index contributed by atoms with van der Waals surface area (Å²) < 4.78 is 38.7. The summed E-state index contributed by atoms with van der Waals surface area (Å²) in [6.07, 6.45) is 7.19. The lowest BCUT2D eigenvalue weighted by molar-refractivity contribution is -0.137. The second-order valence-electron chi connectivity index (χ2n) is 9.83. The topological polar surface area (TPSA) is 98.7 Å². The number of carboxylic acid groups (broad SMARTS) is 1. The van der Waals surface area contributed by atoms with Gasteiger partial charge in [-0.3, -0.25) is 19.6 Å². The summed E-state index contributed by atoms with van der Waals surface area (Å²) in [6.45, 7) is 6.26. The van der Waals surface area contributed by atoms with Gasteiger partial charge in [-0.15, -0.1) is 0 Å². The summed E-state index contributed by atoms with van der Waals surface area (Å²) in [5, 5.41) is 10.2. The van der Waals surface area contributed by atoms with Crippen LogP contribution in [0.25, 0.3) is 6.08 Å². The lowest BCUT2D eigenvalue weighted by Crippen LogP contribution is -2.48.